The average molecular weight is 230 g/mol. The third-order valence-electron chi connectivity index (χ3n) is 2.24. The van der Waals surface area contributed by atoms with Crippen molar-refractivity contribution in [2.24, 2.45) is 0 Å². The van der Waals surface area contributed by atoms with Crippen molar-refractivity contribution in [1.82, 2.24) is 15.1 Å². The molecule has 0 atom stereocenters. The van der Waals surface area contributed by atoms with E-state index in [4.69, 9.17) is 11.6 Å². The molecule has 0 unspecified atom stereocenters. The highest BCUT2D eigenvalue weighted by Crippen LogP contribution is 2.20. The molecule has 0 amide bonds. The third kappa shape index (κ3) is 3.21. The Bertz CT molecular complexity index is 336. The molecule has 1 aromatic rings. The third-order valence-corrected chi connectivity index (χ3v) is 2.73. The Morgan fingerprint density at radius 2 is 2.00 bits per heavy atom. The second-order valence-corrected chi connectivity index (χ2v) is 5.14. The van der Waals surface area contributed by atoms with Gasteiger partial charge in [-0.2, -0.15) is 5.10 Å². The Hall–Kier alpha value is -0.540. The van der Waals surface area contributed by atoms with Crippen LogP contribution in [-0.4, -0.2) is 15.3 Å². The first kappa shape index (κ1) is 12.5. The van der Waals surface area contributed by atoms with Crippen molar-refractivity contribution >= 4 is 11.6 Å². The van der Waals surface area contributed by atoms with Crippen LogP contribution in [0.4, 0.5) is 0 Å². The number of rotatable bonds is 3. The minimum atomic E-state index is 0.0973. The molecule has 0 spiro atoms. The minimum absolute atomic E-state index is 0.0973. The maximum atomic E-state index is 6.20. The van der Waals surface area contributed by atoms with Gasteiger partial charge in [-0.05, 0) is 34.6 Å². The normalized spacial score (nSPS) is 12.1. The number of hydrogen-bond donors (Lipinski definition) is 1. The molecule has 0 aliphatic rings. The molecule has 1 rings (SSSR count). The fraction of sp³-hybridized carbons (Fsp3) is 0.727. The van der Waals surface area contributed by atoms with Crippen molar-refractivity contribution < 1.29 is 0 Å². The molecule has 3 nitrogen and oxygen atoms in total. The molecule has 1 aromatic heterocycles. The molecule has 1 N–H and O–H groups in total. The Balaban J connectivity index is 2.84. The lowest BCUT2D eigenvalue weighted by atomic mass is 10.1. The zero-order valence-electron chi connectivity index (χ0n) is 10.2. The summed E-state index contributed by atoms with van der Waals surface area (Å²) in [4.78, 5) is 0. The van der Waals surface area contributed by atoms with Gasteiger partial charge in [0.25, 0.3) is 0 Å². The first-order chi connectivity index (χ1) is 6.85. The Morgan fingerprint density at radius 3 is 2.47 bits per heavy atom. The number of hydrogen-bond acceptors (Lipinski definition) is 2. The lowest BCUT2D eigenvalue weighted by Gasteiger charge is -2.20. The predicted octanol–water partition coefficient (Wildman–Crippen LogP) is 2.75. The standard InChI is InChI=1S/C11H20ClN3/c1-6-15-9(7-13-11(3,4)5)10(12)8(2)14-15/h13H,6-7H2,1-5H3. The number of nitrogens with one attached hydrogen (secondary N) is 1. The Labute approximate surface area is 96.8 Å². The summed E-state index contributed by atoms with van der Waals surface area (Å²) in [7, 11) is 0. The largest absolute Gasteiger partial charge is 0.306 e. The van der Waals surface area contributed by atoms with Crippen LogP contribution >= 0.6 is 11.6 Å². The summed E-state index contributed by atoms with van der Waals surface area (Å²) in [6.45, 7) is 12.0. The van der Waals surface area contributed by atoms with Crippen LogP contribution in [0, 0.1) is 6.92 Å². The molecule has 86 valence electrons. The second kappa shape index (κ2) is 4.54. The van der Waals surface area contributed by atoms with Crippen molar-refractivity contribution in [2.45, 2.75) is 53.2 Å². The molecule has 0 saturated carbocycles. The van der Waals surface area contributed by atoms with Gasteiger partial charge in [0, 0.05) is 18.6 Å². The van der Waals surface area contributed by atoms with E-state index in [-0.39, 0.29) is 5.54 Å². The fourth-order valence-electron chi connectivity index (χ4n) is 1.39. The number of aromatic nitrogens is 2. The molecule has 0 aliphatic heterocycles. The summed E-state index contributed by atoms with van der Waals surface area (Å²) in [5.41, 5.74) is 2.08. The van der Waals surface area contributed by atoms with Crippen LogP contribution in [0.25, 0.3) is 0 Å². The summed E-state index contributed by atoms with van der Waals surface area (Å²) < 4.78 is 1.95. The highest BCUT2D eigenvalue weighted by molar-refractivity contribution is 6.31. The summed E-state index contributed by atoms with van der Waals surface area (Å²) in [5.74, 6) is 0. The molecule has 0 fully saturated rings. The summed E-state index contributed by atoms with van der Waals surface area (Å²) in [6, 6.07) is 0. The summed E-state index contributed by atoms with van der Waals surface area (Å²) in [5, 5.41) is 8.58. The molecule has 0 radical (unpaired) electrons. The van der Waals surface area contributed by atoms with E-state index in [9.17, 15) is 0 Å². The van der Waals surface area contributed by atoms with E-state index in [1.54, 1.807) is 0 Å². The van der Waals surface area contributed by atoms with Crippen molar-refractivity contribution in [3.05, 3.63) is 16.4 Å². The van der Waals surface area contributed by atoms with Gasteiger partial charge in [-0.15, -0.1) is 0 Å². The van der Waals surface area contributed by atoms with Gasteiger partial charge in [0.2, 0.25) is 0 Å². The monoisotopic (exact) mass is 229 g/mol. The Morgan fingerprint density at radius 1 is 1.40 bits per heavy atom. The molecule has 4 heteroatoms. The topological polar surface area (TPSA) is 29.9 Å². The van der Waals surface area contributed by atoms with Gasteiger partial charge in [0.15, 0.2) is 0 Å². The molecule has 0 aromatic carbocycles. The van der Waals surface area contributed by atoms with Gasteiger partial charge in [-0.3, -0.25) is 4.68 Å². The van der Waals surface area contributed by atoms with Gasteiger partial charge in [0.1, 0.15) is 0 Å². The zero-order valence-corrected chi connectivity index (χ0v) is 10.9. The maximum Gasteiger partial charge on any atom is 0.0860 e. The lowest BCUT2D eigenvalue weighted by molar-refractivity contribution is 0.413. The van der Waals surface area contributed by atoms with Gasteiger partial charge in [-0.1, -0.05) is 11.6 Å². The van der Waals surface area contributed by atoms with E-state index in [0.717, 1.165) is 29.5 Å². The van der Waals surface area contributed by atoms with E-state index in [0.29, 0.717) is 0 Å². The van der Waals surface area contributed by atoms with Crippen LogP contribution in [0.1, 0.15) is 39.1 Å². The number of aryl methyl sites for hydroxylation is 2. The highest BCUT2D eigenvalue weighted by Gasteiger charge is 2.15. The van der Waals surface area contributed by atoms with Crippen molar-refractivity contribution in [3.63, 3.8) is 0 Å². The minimum Gasteiger partial charge on any atom is -0.306 e. The highest BCUT2D eigenvalue weighted by atomic mass is 35.5. The maximum absolute atomic E-state index is 6.20. The van der Waals surface area contributed by atoms with Crippen LogP contribution in [0.3, 0.4) is 0 Å². The molecule has 1 heterocycles. The van der Waals surface area contributed by atoms with E-state index < -0.39 is 0 Å². The smallest absolute Gasteiger partial charge is 0.0860 e. The van der Waals surface area contributed by atoms with Crippen molar-refractivity contribution in [3.8, 4) is 0 Å². The van der Waals surface area contributed by atoms with Crippen molar-refractivity contribution in [2.75, 3.05) is 0 Å². The predicted molar refractivity (Wildman–Crippen MR) is 64.2 cm³/mol. The van der Waals surface area contributed by atoms with Gasteiger partial charge in [0.05, 0.1) is 16.4 Å². The van der Waals surface area contributed by atoms with Crippen LogP contribution < -0.4 is 5.32 Å². The SMILES string of the molecule is CCn1nc(C)c(Cl)c1CNC(C)(C)C. The number of nitrogens with zero attached hydrogens (tertiary/aromatic N) is 2. The second-order valence-electron chi connectivity index (χ2n) is 4.77. The van der Waals surface area contributed by atoms with Crippen LogP contribution in [0.5, 0.6) is 0 Å². The summed E-state index contributed by atoms with van der Waals surface area (Å²) in [6.07, 6.45) is 0. The first-order valence-electron chi connectivity index (χ1n) is 5.32. The average Bonchev–Trinajstić information content (AvgIpc) is 2.39. The van der Waals surface area contributed by atoms with E-state index in [2.05, 4.69) is 38.1 Å². The number of halogens is 1. The van der Waals surface area contributed by atoms with Gasteiger partial charge < -0.3 is 5.32 Å². The van der Waals surface area contributed by atoms with Crippen LogP contribution in [0.2, 0.25) is 5.02 Å². The molecule has 15 heavy (non-hydrogen) atoms. The van der Waals surface area contributed by atoms with Crippen LogP contribution in [0.15, 0.2) is 0 Å². The molecular formula is C11H20ClN3. The van der Waals surface area contributed by atoms with Gasteiger partial charge >= 0.3 is 0 Å². The molecule has 0 aliphatic carbocycles. The molecule has 0 bridgehead atoms. The fourth-order valence-corrected chi connectivity index (χ4v) is 1.59. The van der Waals surface area contributed by atoms with E-state index in [1.807, 2.05) is 11.6 Å². The van der Waals surface area contributed by atoms with Crippen LogP contribution in [-0.2, 0) is 13.1 Å². The first-order valence-corrected chi connectivity index (χ1v) is 5.69. The zero-order chi connectivity index (χ0) is 11.6. The molecule has 0 saturated heterocycles. The van der Waals surface area contributed by atoms with E-state index in [1.165, 1.54) is 0 Å². The van der Waals surface area contributed by atoms with Gasteiger partial charge in [-0.25, -0.2) is 0 Å². The van der Waals surface area contributed by atoms with Crippen molar-refractivity contribution in [1.29, 1.82) is 0 Å². The quantitative estimate of drug-likeness (QED) is 0.864. The van der Waals surface area contributed by atoms with E-state index >= 15 is 0 Å². The lowest BCUT2D eigenvalue weighted by Crippen LogP contribution is -2.35. The molecular weight excluding hydrogens is 210 g/mol. The summed E-state index contributed by atoms with van der Waals surface area (Å²) >= 11 is 6.20. The Kier molecular flexibility index (Phi) is 3.79.